The summed E-state index contributed by atoms with van der Waals surface area (Å²) in [7, 11) is 0. The Labute approximate surface area is 135 Å². The van der Waals surface area contributed by atoms with Crippen molar-refractivity contribution in [3.05, 3.63) is 35.9 Å². The standard InChI is InChI=1S/C17H22N2O4/c20-15(18-11-17(22)8-10-23-12-17)14-7-4-9-19(14)16(21)13-5-2-1-3-6-13/h1-3,5-6,14,22H,4,7-12H2,(H,18,20). The van der Waals surface area contributed by atoms with Crippen LogP contribution in [0, 0.1) is 0 Å². The lowest BCUT2D eigenvalue weighted by Gasteiger charge is -2.26. The smallest absolute Gasteiger partial charge is 0.254 e. The maximum Gasteiger partial charge on any atom is 0.254 e. The highest BCUT2D eigenvalue weighted by Crippen LogP contribution is 2.21. The Morgan fingerprint density at radius 3 is 2.83 bits per heavy atom. The van der Waals surface area contributed by atoms with E-state index in [4.69, 9.17) is 4.74 Å². The Bertz CT molecular complexity index is 569. The summed E-state index contributed by atoms with van der Waals surface area (Å²) in [5, 5.41) is 13.0. The van der Waals surface area contributed by atoms with E-state index in [9.17, 15) is 14.7 Å². The summed E-state index contributed by atoms with van der Waals surface area (Å²) in [5.41, 5.74) is -0.391. The molecule has 1 aromatic carbocycles. The molecule has 2 aliphatic rings. The van der Waals surface area contributed by atoms with E-state index in [-0.39, 0.29) is 25.0 Å². The lowest BCUT2D eigenvalue weighted by Crippen LogP contribution is -2.50. The predicted molar refractivity (Wildman–Crippen MR) is 83.9 cm³/mol. The van der Waals surface area contributed by atoms with Crippen molar-refractivity contribution < 1.29 is 19.4 Å². The number of carbonyl (C=O) groups excluding carboxylic acids is 2. The van der Waals surface area contributed by atoms with Crippen molar-refractivity contribution in [3.63, 3.8) is 0 Å². The second kappa shape index (κ2) is 6.68. The minimum absolute atomic E-state index is 0.119. The largest absolute Gasteiger partial charge is 0.386 e. The van der Waals surface area contributed by atoms with E-state index < -0.39 is 11.6 Å². The zero-order valence-corrected chi connectivity index (χ0v) is 13.0. The molecule has 0 aromatic heterocycles. The van der Waals surface area contributed by atoms with Gasteiger partial charge < -0.3 is 20.1 Å². The summed E-state index contributed by atoms with van der Waals surface area (Å²) in [6.07, 6.45) is 1.98. The second-order valence-corrected chi connectivity index (χ2v) is 6.27. The number of amides is 2. The number of hydrogen-bond acceptors (Lipinski definition) is 4. The SMILES string of the molecule is O=C(NCC1(O)CCOC1)C1CCCN1C(=O)c1ccccc1. The molecule has 2 unspecified atom stereocenters. The molecule has 2 N–H and O–H groups in total. The van der Waals surface area contributed by atoms with Crippen LogP contribution in [0.1, 0.15) is 29.6 Å². The molecule has 124 valence electrons. The Balaban J connectivity index is 1.62. The molecule has 0 saturated carbocycles. The zero-order valence-electron chi connectivity index (χ0n) is 13.0. The fourth-order valence-corrected chi connectivity index (χ4v) is 3.13. The highest BCUT2D eigenvalue weighted by molar-refractivity contribution is 5.97. The van der Waals surface area contributed by atoms with Crippen LogP contribution in [0.4, 0.5) is 0 Å². The number of hydrogen-bond donors (Lipinski definition) is 2. The number of nitrogens with one attached hydrogen (secondary N) is 1. The molecular weight excluding hydrogens is 296 g/mol. The monoisotopic (exact) mass is 318 g/mol. The number of benzene rings is 1. The summed E-state index contributed by atoms with van der Waals surface area (Å²) >= 11 is 0. The van der Waals surface area contributed by atoms with Crippen LogP contribution in [0.3, 0.4) is 0 Å². The van der Waals surface area contributed by atoms with Crippen molar-refractivity contribution in [3.8, 4) is 0 Å². The maximum atomic E-state index is 12.6. The zero-order chi connectivity index (χ0) is 16.3. The first-order valence-electron chi connectivity index (χ1n) is 8.03. The number of carbonyl (C=O) groups is 2. The van der Waals surface area contributed by atoms with E-state index in [2.05, 4.69) is 5.32 Å². The Morgan fingerprint density at radius 1 is 1.35 bits per heavy atom. The molecule has 6 heteroatoms. The summed E-state index contributed by atoms with van der Waals surface area (Å²) in [4.78, 5) is 26.6. The van der Waals surface area contributed by atoms with Gasteiger partial charge in [-0.05, 0) is 25.0 Å². The molecule has 0 bridgehead atoms. The number of likely N-dealkylation sites (tertiary alicyclic amines) is 1. The van der Waals surface area contributed by atoms with Crippen molar-refractivity contribution in [2.75, 3.05) is 26.3 Å². The van der Waals surface area contributed by atoms with Crippen molar-refractivity contribution in [1.82, 2.24) is 10.2 Å². The third-order valence-corrected chi connectivity index (χ3v) is 4.51. The van der Waals surface area contributed by atoms with Gasteiger partial charge in [-0.3, -0.25) is 9.59 Å². The summed E-state index contributed by atoms with van der Waals surface area (Å²) in [6.45, 7) is 1.49. The molecule has 3 rings (SSSR count). The van der Waals surface area contributed by atoms with Crippen molar-refractivity contribution in [1.29, 1.82) is 0 Å². The van der Waals surface area contributed by atoms with E-state index >= 15 is 0 Å². The van der Waals surface area contributed by atoms with E-state index in [0.29, 0.717) is 31.6 Å². The van der Waals surface area contributed by atoms with Crippen molar-refractivity contribution in [2.45, 2.75) is 30.9 Å². The predicted octanol–water partition coefficient (Wildman–Crippen LogP) is 0.559. The van der Waals surface area contributed by atoms with Gasteiger partial charge in [0.15, 0.2) is 0 Å². The highest BCUT2D eigenvalue weighted by Gasteiger charge is 2.37. The topological polar surface area (TPSA) is 78.9 Å². The van der Waals surface area contributed by atoms with Gasteiger partial charge in [0.25, 0.3) is 5.91 Å². The molecule has 0 aliphatic carbocycles. The van der Waals surface area contributed by atoms with Crippen molar-refractivity contribution in [2.24, 2.45) is 0 Å². The van der Waals surface area contributed by atoms with Crippen LogP contribution in [-0.2, 0) is 9.53 Å². The first-order chi connectivity index (χ1) is 11.1. The van der Waals surface area contributed by atoms with Gasteiger partial charge in [-0.2, -0.15) is 0 Å². The Morgan fingerprint density at radius 2 is 2.13 bits per heavy atom. The fraction of sp³-hybridized carbons (Fsp3) is 0.529. The van der Waals surface area contributed by atoms with Crippen LogP contribution in [0.5, 0.6) is 0 Å². The van der Waals surface area contributed by atoms with Crippen LogP contribution >= 0.6 is 0 Å². The Hall–Kier alpha value is -1.92. The molecule has 2 fully saturated rings. The minimum Gasteiger partial charge on any atom is -0.386 e. The number of nitrogens with zero attached hydrogens (tertiary/aromatic N) is 1. The first-order valence-corrected chi connectivity index (χ1v) is 8.03. The molecular formula is C17H22N2O4. The molecule has 2 amide bonds. The van der Waals surface area contributed by atoms with Gasteiger partial charge >= 0.3 is 0 Å². The van der Waals surface area contributed by atoms with Crippen LogP contribution in [0.2, 0.25) is 0 Å². The molecule has 2 saturated heterocycles. The molecule has 1 aromatic rings. The quantitative estimate of drug-likeness (QED) is 0.850. The minimum atomic E-state index is -0.984. The third-order valence-electron chi connectivity index (χ3n) is 4.51. The van der Waals surface area contributed by atoms with Gasteiger partial charge in [0.05, 0.1) is 6.61 Å². The van der Waals surface area contributed by atoms with Crippen LogP contribution in [0.25, 0.3) is 0 Å². The molecule has 2 atom stereocenters. The molecule has 6 nitrogen and oxygen atoms in total. The summed E-state index contributed by atoms with van der Waals surface area (Å²) < 4.78 is 5.17. The average Bonchev–Trinajstić information content (AvgIpc) is 3.22. The maximum absolute atomic E-state index is 12.6. The Kier molecular flexibility index (Phi) is 4.63. The number of ether oxygens (including phenoxy) is 1. The van der Waals surface area contributed by atoms with E-state index in [1.54, 1.807) is 17.0 Å². The van der Waals surface area contributed by atoms with E-state index in [0.717, 1.165) is 6.42 Å². The van der Waals surface area contributed by atoms with Gasteiger partial charge in [-0.25, -0.2) is 0 Å². The van der Waals surface area contributed by atoms with Gasteiger partial charge in [0, 0.05) is 31.7 Å². The molecule has 0 radical (unpaired) electrons. The fourth-order valence-electron chi connectivity index (χ4n) is 3.13. The normalized spacial score (nSPS) is 27.2. The van der Waals surface area contributed by atoms with Crippen molar-refractivity contribution >= 4 is 11.8 Å². The van der Waals surface area contributed by atoms with Gasteiger partial charge in [0.2, 0.25) is 5.91 Å². The number of aliphatic hydroxyl groups is 1. The highest BCUT2D eigenvalue weighted by atomic mass is 16.5. The van der Waals surface area contributed by atoms with Gasteiger partial charge in [-0.1, -0.05) is 18.2 Å². The first kappa shape index (κ1) is 16.0. The van der Waals surface area contributed by atoms with Gasteiger partial charge in [0.1, 0.15) is 11.6 Å². The van der Waals surface area contributed by atoms with Crippen LogP contribution in [0.15, 0.2) is 30.3 Å². The summed E-state index contributed by atoms with van der Waals surface area (Å²) in [5.74, 6) is -0.321. The third kappa shape index (κ3) is 3.54. The molecule has 2 heterocycles. The molecule has 23 heavy (non-hydrogen) atoms. The lowest BCUT2D eigenvalue weighted by molar-refractivity contribution is -0.126. The number of rotatable bonds is 4. The van der Waals surface area contributed by atoms with Gasteiger partial charge in [-0.15, -0.1) is 0 Å². The summed E-state index contributed by atoms with van der Waals surface area (Å²) in [6, 6.07) is 8.54. The van der Waals surface area contributed by atoms with Crippen LogP contribution in [-0.4, -0.2) is 59.8 Å². The van der Waals surface area contributed by atoms with E-state index in [1.807, 2.05) is 18.2 Å². The molecule has 0 spiro atoms. The van der Waals surface area contributed by atoms with Crippen LogP contribution < -0.4 is 5.32 Å². The molecule has 2 aliphatic heterocycles. The lowest BCUT2D eigenvalue weighted by atomic mass is 10.0. The second-order valence-electron chi connectivity index (χ2n) is 6.27. The average molecular weight is 318 g/mol. The van der Waals surface area contributed by atoms with E-state index in [1.165, 1.54) is 0 Å².